The Hall–Kier alpha value is -1.66. The Morgan fingerprint density at radius 2 is 2.22 bits per heavy atom. The van der Waals surface area contributed by atoms with E-state index in [1.807, 2.05) is 0 Å². The minimum absolute atomic E-state index is 0.0676. The van der Waals surface area contributed by atoms with Crippen LogP contribution in [0.5, 0.6) is 0 Å². The molecule has 2 rings (SSSR count). The maximum absolute atomic E-state index is 11.8. The molecule has 0 unspecified atom stereocenters. The molecule has 0 radical (unpaired) electrons. The van der Waals surface area contributed by atoms with E-state index in [1.54, 1.807) is 17.9 Å². The Kier molecular flexibility index (Phi) is 3.78. The van der Waals surface area contributed by atoms with Crippen LogP contribution in [0.3, 0.4) is 0 Å². The van der Waals surface area contributed by atoms with Gasteiger partial charge in [0.25, 0.3) is 5.91 Å². The van der Waals surface area contributed by atoms with Crippen LogP contribution in [0.25, 0.3) is 0 Å². The molecule has 2 aromatic heterocycles. The minimum Gasteiger partial charge on any atom is -0.345 e. The maximum atomic E-state index is 11.8. The van der Waals surface area contributed by atoms with Crippen molar-refractivity contribution in [3.05, 3.63) is 40.2 Å². The topological polar surface area (TPSA) is 72.7 Å². The van der Waals surface area contributed by atoms with Crippen LogP contribution in [-0.2, 0) is 13.6 Å². The highest BCUT2D eigenvalue weighted by Gasteiger charge is 2.12. The van der Waals surface area contributed by atoms with Crippen molar-refractivity contribution in [3.8, 4) is 0 Å². The van der Waals surface area contributed by atoms with Gasteiger partial charge in [0.05, 0.1) is 12.1 Å². The quantitative estimate of drug-likeness (QED) is 0.867. The van der Waals surface area contributed by atoms with E-state index in [1.165, 1.54) is 12.1 Å². The molecular formula is C10H9Cl2N5O. The number of pyridine rings is 1. The Balaban J connectivity index is 2.06. The second-order valence-electron chi connectivity index (χ2n) is 3.51. The molecular weight excluding hydrogens is 277 g/mol. The van der Waals surface area contributed by atoms with E-state index in [9.17, 15) is 4.79 Å². The standard InChI is InChI=1S/C10H9Cl2N5O/c1-17-5-14-16-8(17)4-13-10(18)6-2-3-7(11)15-9(6)12/h2-3,5H,4H2,1H3,(H,13,18). The monoisotopic (exact) mass is 285 g/mol. The third kappa shape index (κ3) is 2.77. The van der Waals surface area contributed by atoms with E-state index < -0.39 is 0 Å². The molecule has 6 nitrogen and oxygen atoms in total. The number of rotatable bonds is 3. The first-order valence-electron chi connectivity index (χ1n) is 5.01. The van der Waals surface area contributed by atoms with Crippen LogP contribution < -0.4 is 5.32 Å². The number of aromatic nitrogens is 4. The summed E-state index contributed by atoms with van der Waals surface area (Å²) < 4.78 is 1.71. The van der Waals surface area contributed by atoms with Crippen molar-refractivity contribution < 1.29 is 4.79 Å². The summed E-state index contributed by atoms with van der Waals surface area (Å²) in [7, 11) is 1.79. The number of carbonyl (C=O) groups is 1. The zero-order valence-electron chi connectivity index (χ0n) is 9.39. The van der Waals surface area contributed by atoms with Crippen molar-refractivity contribution >= 4 is 29.1 Å². The molecule has 0 saturated heterocycles. The molecule has 1 N–H and O–H groups in total. The van der Waals surface area contributed by atoms with Crippen molar-refractivity contribution in [2.24, 2.45) is 7.05 Å². The van der Waals surface area contributed by atoms with E-state index in [4.69, 9.17) is 23.2 Å². The van der Waals surface area contributed by atoms with Gasteiger partial charge >= 0.3 is 0 Å². The van der Waals surface area contributed by atoms with Gasteiger partial charge in [-0.3, -0.25) is 4.79 Å². The molecule has 2 heterocycles. The molecule has 0 fully saturated rings. The number of hydrogen-bond acceptors (Lipinski definition) is 4. The number of nitrogens with one attached hydrogen (secondary N) is 1. The highest BCUT2D eigenvalue weighted by atomic mass is 35.5. The van der Waals surface area contributed by atoms with E-state index in [0.29, 0.717) is 5.82 Å². The molecule has 0 aliphatic carbocycles. The molecule has 0 saturated carbocycles. The van der Waals surface area contributed by atoms with E-state index in [-0.39, 0.29) is 28.3 Å². The maximum Gasteiger partial charge on any atom is 0.254 e. The summed E-state index contributed by atoms with van der Waals surface area (Å²) >= 11 is 11.5. The summed E-state index contributed by atoms with van der Waals surface area (Å²) in [5.74, 6) is 0.300. The van der Waals surface area contributed by atoms with Crippen molar-refractivity contribution in [1.29, 1.82) is 0 Å². The van der Waals surface area contributed by atoms with Crippen molar-refractivity contribution in [1.82, 2.24) is 25.1 Å². The Labute approximate surface area is 113 Å². The summed E-state index contributed by atoms with van der Waals surface area (Å²) in [6, 6.07) is 3.02. The fourth-order valence-corrected chi connectivity index (χ4v) is 1.73. The average Bonchev–Trinajstić information content (AvgIpc) is 2.72. The minimum atomic E-state index is -0.341. The highest BCUT2D eigenvalue weighted by Crippen LogP contribution is 2.16. The zero-order valence-corrected chi connectivity index (χ0v) is 10.9. The second-order valence-corrected chi connectivity index (χ2v) is 4.26. The van der Waals surface area contributed by atoms with Gasteiger partial charge in [-0.05, 0) is 12.1 Å². The largest absolute Gasteiger partial charge is 0.345 e. The van der Waals surface area contributed by atoms with E-state index >= 15 is 0 Å². The predicted octanol–water partition coefficient (Wildman–Crippen LogP) is 1.45. The van der Waals surface area contributed by atoms with Crippen molar-refractivity contribution in [3.63, 3.8) is 0 Å². The first kappa shape index (κ1) is 12.8. The third-order valence-corrected chi connectivity index (χ3v) is 2.77. The first-order chi connectivity index (χ1) is 8.58. The lowest BCUT2D eigenvalue weighted by molar-refractivity contribution is 0.0949. The van der Waals surface area contributed by atoms with Gasteiger partial charge < -0.3 is 9.88 Å². The van der Waals surface area contributed by atoms with Crippen LogP contribution in [0.1, 0.15) is 16.2 Å². The fourth-order valence-electron chi connectivity index (χ4n) is 1.30. The summed E-state index contributed by atoms with van der Waals surface area (Å²) in [5.41, 5.74) is 0.267. The summed E-state index contributed by atoms with van der Waals surface area (Å²) in [6.07, 6.45) is 1.55. The van der Waals surface area contributed by atoms with Crippen molar-refractivity contribution in [2.45, 2.75) is 6.54 Å². The number of amides is 1. The molecule has 18 heavy (non-hydrogen) atoms. The number of nitrogens with zero attached hydrogens (tertiary/aromatic N) is 4. The molecule has 1 amide bonds. The van der Waals surface area contributed by atoms with Gasteiger partial charge in [-0.25, -0.2) is 4.98 Å². The summed E-state index contributed by atoms with van der Waals surface area (Å²) in [6.45, 7) is 0.258. The van der Waals surface area contributed by atoms with Crippen LogP contribution in [0.15, 0.2) is 18.5 Å². The van der Waals surface area contributed by atoms with Crippen LogP contribution in [0.2, 0.25) is 10.3 Å². The normalized spacial score (nSPS) is 10.4. The lowest BCUT2D eigenvalue weighted by Gasteiger charge is -2.05. The van der Waals surface area contributed by atoms with Crippen LogP contribution in [-0.4, -0.2) is 25.7 Å². The van der Waals surface area contributed by atoms with Gasteiger partial charge in [0.1, 0.15) is 16.6 Å². The van der Waals surface area contributed by atoms with Gasteiger partial charge in [-0.1, -0.05) is 23.2 Å². The highest BCUT2D eigenvalue weighted by molar-refractivity contribution is 6.34. The van der Waals surface area contributed by atoms with Gasteiger partial charge in [0, 0.05) is 7.05 Å². The van der Waals surface area contributed by atoms with Crippen LogP contribution >= 0.6 is 23.2 Å². The Morgan fingerprint density at radius 3 is 2.83 bits per heavy atom. The smallest absolute Gasteiger partial charge is 0.254 e. The number of halogens is 2. The first-order valence-corrected chi connectivity index (χ1v) is 5.76. The number of aryl methyl sites for hydroxylation is 1. The van der Waals surface area contributed by atoms with Gasteiger partial charge in [0.2, 0.25) is 0 Å². The molecule has 0 bridgehead atoms. The lowest BCUT2D eigenvalue weighted by atomic mass is 10.2. The van der Waals surface area contributed by atoms with E-state index in [2.05, 4.69) is 20.5 Å². The van der Waals surface area contributed by atoms with Gasteiger partial charge in [-0.15, -0.1) is 10.2 Å². The predicted molar refractivity (Wildman–Crippen MR) is 66.4 cm³/mol. The molecule has 0 spiro atoms. The van der Waals surface area contributed by atoms with E-state index in [0.717, 1.165) is 0 Å². The average molecular weight is 286 g/mol. The van der Waals surface area contributed by atoms with Crippen LogP contribution in [0, 0.1) is 0 Å². The molecule has 0 aliphatic rings. The molecule has 0 aromatic carbocycles. The Morgan fingerprint density at radius 1 is 1.44 bits per heavy atom. The van der Waals surface area contributed by atoms with Crippen LogP contribution in [0.4, 0.5) is 0 Å². The van der Waals surface area contributed by atoms with Gasteiger partial charge in [-0.2, -0.15) is 0 Å². The Bertz CT molecular complexity index is 583. The SMILES string of the molecule is Cn1cnnc1CNC(=O)c1ccc(Cl)nc1Cl. The number of hydrogen-bond donors (Lipinski definition) is 1. The second kappa shape index (κ2) is 5.32. The summed E-state index contributed by atoms with van der Waals surface area (Å²) in [5, 5.41) is 10.5. The molecule has 0 atom stereocenters. The summed E-state index contributed by atoms with van der Waals surface area (Å²) in [4.78, 5) is 15.6. The lowest BCUT2D eigenvalue weighted by Crippen LogP contribution is -2.24. The van der Waals surface area contributed by atoms with Gasteiger partial charge in [0.15, 0.2) is 5.82 Å². The molecule has 2 aromatic rings. The molecule has 8 heteroatoms. The number of carbonyl (C=O) groups excluding carboxylic acids is 1. The molecule has 0 aliphatic heterocycles. The third-order valence-electron chi connectivity index (χ3n) is 2.27. The zero-order chi connectivity index (χ0) is 13.1. The fraction of sp³-hybridized carbons (Fsp3) is 0.200. The van der Waals surface area contributed by atoms with Crippen molar-refractivity contribution in [2.75, 3.05) is 0 Å². The molecule has 94 valence electrons.